The van der Waals surface area contributed by atoms with Crippen LogP contribution < -0.4 is 0 Å². The lowest BCUT2D eigenvalue weighted by Gasteiger charge is -2.08. The van der Waals surface area contributed by atoms with Crippen molar-refractivity contribution in [1.82, 2.24) is 0 Å². The number of halogens is 3. The van der Waals surface area contributed by atoms with Gasteiger partial charge in [-0.3, -0.25) is 0 Å². The second kappa shape index (κ2) is 7.64. The fourth-order valence-electron chi connectivity index (χ4n) is 3.29. The van der Waals surface area contributed by atoms with Crippen molar-refractivity contribution in [3.8, 4) is 11.1 Å². The summed E-state index contributed by atoms with van der Waals surface area (Å²) in [6, 6.07) is 16.0. The van der Waals surface area contributed by atoms with Crippen molar-refractivity contribution < 1.29 is 17.9 Å². The summed E-state index contributed by atoms with van der Waals surface area (Å²) < 4.78 is 47.3. The SMILES string of the molecule is C=Cc1ccc(CCc2ccc(-c3ccc(C4CO4)c(F)c3)cc2)c(F)c1F. The Hall–Kier alpha value is -2.85. The fourth-order valence-corrected chi connectivity index (χ4v) is 3.29. The van der Waals surface area contributed by atoms with E-state index in [4.69, 9.17) is 4.74 Å². The number of ether oxygens (including phenoxy) is 1. The summed E-state index contributed by atoms with van der Waals surface area (Å²) in [5, 5.41) is 0. The summed E-state index contributed by atoms with van der Waals surface area (Å²) in [5.41, 5.74) is 3.79. The maximum absolute atomic E-state index is 14.2. The summed E-state index contributed by atoms with van der Waals surface area (Å²) in [6.07, 6.45) is 2.16. The van der Waals surface area contributed by atoms with Crippen molar-refractivity contribution in [2.75, 3.05) is 6.61 Å². The van der Waals surface area contributed by atoms with Crippen molar-refractivity contribution in [2.24, 2.45) is 0 Å². The summed E-state index contributed by atoms with van der Waals surface area (Å²) in [7, 11) is 0. The van der Waals surface area contributed by atoms with Gasteiger partial charge in [-0.25, -0.2) is 13.2 Å². The predicted octanol–water partition coefficient (Wildman–Crippen LogP) is 6.27. The van der Waals surface area contributed by atoms with Gasteiger partial charge >= 0.3 is 0 Å². The van der Waals surface area contributed by atoms with Crippen molar-refractivity contribution in [1.29, 1.82) is 0 Å². The van der Waals surface area contributed by atoms with Crippen LogP contribution in [-0.2, 0) is 17.6 Å². The third-order valence-electron chi connectivity index (χ3n) is 5.06. The molecule has 28 heavy (non-hydrogen) atoms. The highest BCUT2D eigenvalue weighted by molar-refractivity contribution is 5.64. The molecule has 0 radical (unpaired) electrons. The van der Waals surface area contributed by atoms with E-state index >= 15 is 0 Å². The Kier molecular flexibility index (Phi) is 5.05. The van der Waals surface area contributed by atoms with Crippen LogP contribution in [0.1, 0.15) is 28.4 Å². The van der Waals surface area contributed by atoms with Crippen molar-refractivity contribution in [3.05, 3.63) is 101 Å². The molecule has 1 aliphatic rings. The first-order chi connectivity index (χ1) is 13.6. The normalized spacial score (nSPS) is 15.5. The van der Waals surface area contributed by atoms with E-state index in [0.29, 0.717) is 30.6 Å². The molecule has 0 bridgehead atoms. The smallest absolute Gasteiger partial charge is 0.166 e. The minimum absolute atomic E-state index is 0.109. The molecular weight excluding hydrogens is 361 g/mol. The van der Waals surface area contributed by atoms with Gasteiger partial charge in [0.2, 0.25) is 0 Å². The second-order valence-corrected chi connectivity index (χ2v) is 6.90. The van der Waals surface area contributed by atoms with E-state index in [1.165, 1.54) is 18.2 Å². The van der Waals surface area contributed by atoms with Crippen LogP contribution in [0.25, 0.3) is 17.2 Å². The zero-order chi connectivity index (χ0) is 19.7. The Labute approximate surface area is 162 Å². The zero-order valence-electron chi connectivity index (χ0n) is 15.2. The highest BCUT2D eigenvalue weighted by Gasteiger charge is 2.27. The predicted molar refractivity (Wildman–Crippen MR) is 104 cm³/mol. The molecule has 0 aromatic heterocycles. The molecule has 1 nitrogen and oxygen atoms in total. The third-order valence-corrected chi connectivity index (χ3v) is 5.06. The highest BCUT2D eigenvalue weighted by Crippen LogP contribution is 2.33. The molecule has 1 heterocycles. The maximum atomic E-state index is 14.2. The van der Waals surface area contributed by atoms with Crippen LogP contribution in [0.4, 0.5) is 13.2 Å². The van der Waals surface area contributed by atoms with Crippen LogP contribution in [0.5, 0.6) is 0 Å². The van der Waals surface area contributed by atoms with Crippen molar-refractivity contribution >= 4 is 6.08 Å². The largest absolute Gasteiger partial charge is 0.368 e. The maximum Gasteiger partial charge on any atom is 0.166 e. The van der Waals surface area contributed by atoms with Crippen LogP contribution >= 0.6 is 0 Å². The lowest BCUT2D eigenvalue weighted by Crippen LogP contribution is -1.99. The van der Waals surface area contributed by atoms with Gasteiger partial charge in [0.25, 0.3) is 0 Å². The third kappa shape index (κ3) is 3.73. The van der Waals surface area contributed by atoms with Crippen LogP contribution in [0.2, 0.25) is 0 Å². The standard InChI is InChI=1S/C24H19F3O/c1-2-16-9-10-18(24(27)23(16)26)8-5-15-3-6-17(7-4-15)19-11-12-20(21(25)13-19)22-14-28-22/h2-4,6-7,9-13,22H,1,5,8,14H2. The van der Waals surface area contributed by atoms with Gasteiger partial charge in [0.1, 0.15) is 11.9 Å². The lowest BCUT2D eigenvalue weighted by atomic mass is 9.98. The summed E-state index contributed by atoms with van der Waals surface area (Å²) in [6.45, 7) is 4.05. The van der Waals surface area contributed by atoms with Gasteiger partial charge in [-0.15, -0.1) is 0 Å². The van der Waals surface area contributed by atoms with E-state index < -0.39 is 11.6 Å². The molecule has 1 atom stereocenters. The Morgan fingerprint density at radius 2 is 1.61 bits per heavy atom. The quantitative estimate of drug-likeness (QED) is 0.459. The van der Waals surface area contributed by atoms with Gasteiger partial charge in [-0.2, -0.15) is 0 Å². The topological polar surface area (TPSA) is 12.5 Å². The fraction of sp³-hybridized carbons (Fsp3) is 0.167. The lowest BCUT2D eigenvalue weighted by molar-refractivity contribution is 0.408. The monoisotopic (exact) mass is 380 g/mol. The number of epoxide rings is 1. The van der Waals surface area contributed by atoms with E-state index in [0.717, 1.165) is 16.7 Å². The molecule has 0 amide bonds. The first kappa shape index (κ1) is 18.5. The van der Waals surface area contributed by atoms with Crippen molar-refractivity contribution in [3.63, 3.8) is 0 Å². The molecule has 4 heteroatoms. The van der Waals surface area contributed by atoms with E-state index in [9.17, 15) is 13.2 Å². The molecule has 142 valence electrons. The van der Waals surface area contributed by atoms with E-state index in [1.807, 2.05) is 30.3 Å². The number of hydrogen-bond donors (Lipinski definition) is 0. The molecule has 3 aromatic rings. The molecule has 0 saturated carbocycles. The van der Waals surface area contributed by atoms with Gasteiger partial charge in [-0.05, 0) is 41.2 Å². The molecule has 3 aromatic carbocycles. The number of hydrogen-bond acceptors (Lipinski definition) is 1. The van der Waals surface area contributed by atoms with Gasteiger partial charge in [0.15, 0.2) is 11.6 Å². The van der Waals surface area contributed by atoms with Gasteiger partial charge < -0.3 is 4.74 Å². The van der Waals surface area contributed by atoms with Gasteiger partial charge in [0, 0.05) is 11.1 Å². The van der Waals surface area contributed by atoms with Crippen LogP contribution in [0.15, 0.2) is 61.2 Å². The molecule has 1 fully saturated rings. The molecule has 4 rings (SSSR count). The molecule has 0 spiro atoms. The van der Waals surface area contributed by atoms with Gasteiger partial charge in [-0.1, -0.05) is 61.2 Å². The van der Waals surface area contributed by atoms with Crippen LogP contribution in [0, 0.1) is 17.5 Å². The molecular formula is C24H19F3O. The molecule has 0 aliphatic carbocycles. The minimum Gasteiger partial charge on any atom is -0.368 e. The van der Waals surface area contributed by atoms with E-state index in [1.54, 1.807) is 12.1 Å². The Morgan fingerprint density at radius 1 is 0.893 bits per heavy atom. The molecule has 1 aliphatic heterocycles. The van der Waals surface area contributed by atoms with Crippen LogP contribution in [-0.4, -0.2) is 6.61 Å². The second-order valence-electron chi connectivity index (χ2n) is 6.90. The minimum atomic E-state index is -0.857. The van der Waals surface area contributed by atoms with E-state index in [-0.39, 0.29) is 17.5 Å². The van der Waals surface area contributed by atoms with Gasteiger partial charge in [0.05, 0.1) is 6.61 Å². The van der Waals surface area contributed by atoms with E-state index in [2.05, 4.69) is 6.58 Å². The average Bonchev–Trinajstić information content (AvgIpc) is 3.55. The molecule has 1 saturated heterocycles. The summed E-state index contributed by atoms with van der Waals surface area (Å²) in [4.78, 5) is 0. The average molecular weight is 380 g/mol. The Balaban J connectivity index is 1.46. The summed E-state index contributed by atoms with van der Waals surface area (Å²) >= 11 is 0. The molecule has 0 N–H and O–H groups in total. The number of rotatable bonds is 6. The Bertz CT molecular complexity index is 1020. The highest BCUT2D eigenvalue weighted by atomic mass is 19.2. The summed E-state index contributed by atoms with van der Waals surface area (Å²) in [5.74, 6) is -1.93. The van der Waals surface area contributed by atoms with Crippen LogP contribution in [0.3, 0.4) is 0 Å². The van der Waals surface area contributed by atoms with Crippen molar-refractivity contribution in [2.45, 2.75) is 18.9 Å². The number of benzene rings is 3. The number of aryl methyl sites for hydroxylation is 2. The zero-order valence-corrected chi connectivity index (χ0v) is 15.2. The first-order valence-corrected chi connectivity index (χ1v) is 9.16. The first-order valence-electron chi connectivity index (χ1n) is 9.16. The molecule has 1 unspecified atom stereocenters. The Morgan fingerprint density at radius 3 is 2.25 bits per heavy atom.